The fraction of sp³-hybridized carbons (Fsp3) is 0.350. The summed E-state index contributed by atoms with van der Waals surface area (Å²) in [5.41, 5.74) is 0.874. The SMILES string of the molecule is Cn1nccc1[C@@H]1C[C@@H](O)CC[C@H]1Oc1cc(F)c(S(=O)(=O)Nc2ccncn2)cc1Cl. The van der Waals surface area contributed by atoms with Crippen molar-refractivity contribution in [3.63, 3.8) is 0 Å². The quantitative estimate of drug-likeness (QED) is 0.555. The fourth-order valence-electron chi connectivity index (χ4n) is 3.83. The average molecular weight is 482 g/mol. The summed E-state index contributed by atoms with van der Waals surface area (Å²) in [6, 6.07) is 5.15. The zero-order valence-corrected chi connectivity index (χ0v) is 18.6. The summed E-state index contributed by atoms with van der Waals surface area (Å²) in [6.07, 6.45) is 4.79. The van der Waals surface area contributed by atoms with Gasteiger partial charge in [0.05, 0.1) is 11.1 Å². The molecule has 170 valence electrons. The van der Waals surface area contributed by atoms with Gasteiger partial charge in [-0.25, -0.2) is 22.8 Å². The van der Waals surface area contributed by atoms with E-state index >= 15 is 0 Å². The number of rotatable bonds is 6. The number of aryl methyl sites for hydroxylation is 1. The molecular weight excluding hydrogens is 461 g/mol. The Morgan fingerprint density at radius 1 is 1.28 bits per heavy atom. The van der Waals surface area contributed by atoms with Crippen molar-refractivity contribution in [2.45, 2.75) is 42.3 Å². The van der Waals surface area contributed by atoms with Gasteiger partial charge in [-0.1, -0.05) is 11.6 Å². The van der Waals surface area contributed by atoms with Crippen LogP contribution in [0.1, 0.15) is 30.9 Å². The predicted molar refractivity (Wildman–Crippen MR) is 114 cm³/mol. The van der Waals surface area contributed by atoms with E-state index in [1.54, 1.807) is 17.9 Å². The number of aliphatic hydroxyl groups is 1. The smallest absolute Gasteiger partial charge is 0.266 e. The summed E-state index contributed by atoms with van der Waals surface area (Å²) in [5.74, 6) is -1.18. The van der Waals surface area contributed by atoms with E-state index in [1.807, 2.05) is 6.07 Å². The van der Waals surface area contributed by atoms with Crippen molar-refractivity contribution in [2.75, 3.05) is 4.72 Å². The first kappa shape index (κ1) is 22.4. The third-order valence-corrected chi connectivity index (χ3v) is 7.04. The second kappa shape index (κ2) is 9.00. The monoisotopic (exact) mass is 481 g/mol. The lowest BCUT2D eigenvalue weighted by Gasteiger charge is -2.34. The molecule has 12 heteroatoms. The maximum absolute atomic E-state index is 14.8. The van der Waals surface area contributed by atoms with Crippen molar-refractivity contribution in [1.82, 2.24) is 19.7 Å². The Morgan fingerprint density at radius 3 is 2.78 bits per heavy atom. The first-order valence-corrected chi connectivity index (χ1v) is 11.7. The molecule has 1 saturated carbocycles. The normalized spacial score (nSPS) is 21.3. The molecule has 4 rings (SSSR count). The molecule has 0 amide bonds. The molecule has 0 unspecified atom stereocenters. The molecule has 0 spiro atoms. The first-order chi connectivity index (χ1) is 15.2. The van der Waals surface area contributed by atoms with Gasteiger partial charge in [-0.3, -0.25) is 9.40 Å². The third-order valence-electron chi connectivity index (χ3n) is 5.37. The molecule has 3 atom stereocenters. The predicted octanol–water partition coefficient (Wildman–Crippen LogP) is 2.88. The van der Waals surface area contributed by atoms with E-state index in [0.29, 0.717) is 19.3 Å². The molecule has 3 aromatic rings. The Balaban J connectivity index is 1.60. The lowest BCUT2D eigenvalue weighted by molar-refractivity contribution is 0.0462. The Kier molecular flexibility index (Phi) is 6.31. The Morgan fingerprint density at radius 2 is 2.09 bits per heavy atom. The molecule has 2 aromatic heterocycles. The van der Waals surface area contributed by atoms with Gasteiger partial charge in [0.2, 0.25) is 0 Å². The molecule has 0 aliphatic heterocycles. The van der Waals surface area contributed by atoms with Crippen LogP contribution in [-0.2, 0) is 17.1 Å². The molecule has 1 aliphatic carbocycles. The summed E-state index contributed by atoms with van der Waals surface area (Å²) < 4.78 is 50.0. The lowest BCUT2D eigenvalue weighted by atomic mass is 9.82. The number of nitrogens with zero attached hydrogens (tertiary/aromatic N) is 4. The molecule has 1 fully saturated rings. The van der Waals surface area contributed by atoms with E-state index in [1.165, 1.54) is 12.3 Å². The van der Waals surface area contributed by atoms with Crippen LogP contribution in [0.5, 0.6) is 5.75 Å². The fourth-order valence-corrected chi connectivity index (χ4v) is 5.20. The number of hydrogen-bond donors (Lipinski definition) is 2. The second-order valence-corrected chi connectivity index (χ2v) is 9.58. The summed E-state index contributed by atoms with van der Waals surface area (Å²) >= 11 is 6.29. The molecule has 1 aromatic carbocycles. The number of nitrogens with one attached hydrogen (secondary N) is 1. The standard InChI is InChI=1S/C20H21ClFN5O4S/c1-27-16(4-7-25-27)13-8-12(28)2-3-17(13)31-18-10-15(22)19(9-14(18)21)32(29,30)26-20-5-6-23-11-24-20/h4-7,9-13,17,28H,2-3,8H2,1H3,(H,23,24,26)/t12-,13-,17+/m0/s1. The van der Waals surface area contributed by atoms with Crippen LogP contribution in [0.4, 0.5) is 10.2 Å². The third kappa shape index (κ3) is 4.69. The lowest BCUT2D eigenvalue weighted by Crippen LogP contribution is -2.35. The minimum atomic E-state index is -4.28. The van der Waals surface area contributed by atoms with Gasteiger partial charge in [-0.05, 0) is 37.5 Å². The first-order valence-electron chi connectivity index (χ1n) is 9.85. The molecule has 1 aliphatic rings. The van der Waals surface area contributed by atoms with Gasteiger partial charge in [-0.2, -0.15) is 5.10 Å². The molecule has 2 heterocycles. The topological polar surface area (TPSA) is 119 Å². The van der Waals surface area contributed by atoms with E-state index in [-0.39, 0.29) is 22.5 Å². The van der Waals surface area contributed by atoms with Crippen LogP contribution >= 0.6 is 11.6 Å². The number of benzene rings is 1. The zero-order valence-electron chi connectivity index (χ0n) is 17.0. The van der Waals surface area contributed by atoms with Crippen LogP contribution in [0.15, 0.2) is 47.9 Å². The minimum absolute atomic E-state index is 0.00405. The highest BCUT2D eigenvalue weighted by molar-refractivity contribution is 7.92. The molecule has 0 bridgehead atoms. The summed E-state index contributed by atoms with van der Waals surface area (Å²) in [4.78, 5) is 6.85. The molecule has 9 nitrogen and oxygen atoms in total. The number of halogens is 2. The van der Waals surface area contributed by atoms with E-state index in [0.717, 1.165) is 24.2 Å². The van der Waals surface area contributed by atoms with Gasteiger partial charge in [0.25, 0.3) is 10.0 Å². The summed E-state index contributed by atoms with van der Waals surface area (Å²) in [5, 5.41) is 14.3. The van der Waals surface area contributed by atoms with Crippen molar-refractivity contribution in [2.24, 2.45) is 7.05 Å². The van der Waals surface area contributed by atoms with E-state index in [4.69, 9.17) is 16.3 Å². The van der Waals surface area contributed by atoms with Gasteiger partial charge in [0, 0.05) is 37.1 Å². The maximum atomic E-state index is 14.8. The molecule has 0 saturated heterocycles. The van der Waals surface area contributed by atoms with Crippen LogP contribution in [0.2, 0.25) is 5.02 Å². The summed E-state index contributed by atoms with van der Waals surface area (Å²) in [7, 11) is -2.48. The van der Waals surface area contributed by atoms with Crippen LogP contribution in [0.3, 0.4) is 0 Å². The number of aromatic nitrogens is 4. The van der Waals surface area contributed by atoms with Crippen molar-refractivity contribution < 1.29 is 22.7 Å². The number of ether oxygens (including phenoxy) is 1. The molecular formula is C20H21ClFN5O4S. The van der Waals surface area contributed by atoms with Crippen molar-refractivity contribution >= 4 is 27.4 Å². The van der Waals surface area contributed by atoms with Gasteiger partial charge in [0.15, 0.2) is 0 Å². The van der Waals surface area contributed by atoms with Crippen molar-refractivity contribution in [1.29, 1.82) is 0 Å². The largest absolute Gasteiger partial charge is 0.488 e. The molecule has 0 radical (unpaired) electrons. The van der Waals surface area contributed by atoms with E-state index in [2.05, 4.69) is 19.8 Å². The highest BCUT2D eigenvalue weighted by Gasteiger charge is 2.35. The average Bonchev–Trinajstić information content (AvgIpc) is 3.17. The Labute approximate surface area is 189 Å². The van der Waals surface area contributed by atoms with Gasteiger partial charge in [0.1, 0.15) is 34.7 Å². The number of sulfonamides is 1. The van der Waals surface area contributed by atoms with Crippen LogP contribution in [0.25, 0.3) is 0 Å². The molecule has 32 heavy (non-hydrogen) atoms. The van der Waals surface area contributed by atoms with Crippen LogP contribution in [-0.4, -0.2) is 45.5 Å². The minimum Gasteiger partial charge on any atom is -0.488 e. The van der Waals surface area contributed by atoms with Crippen molar-refractivity contribution in [3.8, 4) is 5.75 Å². The number of aliphatic hydroxyl groups excluding tert-OH is 1. The van der Waals surface area contributed by atoms with Crippen LogP contribution < -0.4 is 9.46 Å². The summed E-state index contributed by atoms with van der Waals surface area (Å²) in [6.45, 7) is 0. The molecule has 2 N–H and O–H groups in total. The van der Waals surface area contributed by atoms with Gasteiger partial charge in [-0.15, -0.1) is 0 Å². The maximum Gasteiger partial charge on any atom is 0.266 e. The highest BCUT2D eigenvalue weighted by atomic mass is 35.5. The Bertz CT molecular complexity index is 1210. The van der Waals surface area contributed by atoms with Gasteiger partial charge < -0.3 is 9.84 Å². The number of anilines is 1. The van der Waals surface area contributed by atoms with E-state index < -0.39 is 32.9 Å². The van der Waals surface area contributed by atoms with Crippen LogP contribution in [0, 0.1) is 5.82 Å². The highest BCUT2D eigenvalue weighted by Crippen LogP contribution is 2.38. The van der Waals surface area contributed by atoms with Gasteiger partial charge >= 0.3 is 0 Å². The zero-order chi connectivity index (χ0) is 22.9. The number of hydrogen-bond acceptors (Lipinski definition) is 7. The Hall–Kier alpha value is -2.76. The van der Waals surface area contributed by atoms with Crippen molar-refractivity contribution in [3.05, 3.63) is 59.5 Å². The van der Waals surface area contributed by atoms with E-state index in [9.17, 15) is 17.9 Å². The second-order valence-electron chi connectivity index (χ2n) is 7.52.